The molecule has 4 aromatic rings. The molecule has 1 heterocycles. The highest BCUT2D eigenvalue weighted by molar-refractivity contribution is 5.99. The summed E-state index contributed by atoms with van der Waals surface area (Å²) < 4.78 is 7.52. The van der Waals surface area contributed by atoms with Crippen molar-refractivity contribution in [3.05, 3.63) is 101 Å². The van der Waals surface area contributed by atoms with Crippen molar-refractivity contribution in [2.45, 2.75) is 19.9 Å². The molecule has 4 rings (SSSR count). The second-order valence-corrected chi connectivity index (χ2v) is 7.55. The summed E-state index contributed by atoms with van der Waals surface area (Å²) in [6.07, 6.45) is 3.88. The number of carbonyl (C=O) groups excluding carboxylic acids is 1. The van der Waals surface area contributed by atoms with Crippen LogP contribution < -0.4 is 10.2 Å². The summed E-state index contributed by atoms with van der Waals surface area (Å²) in [5, 5.41) is 14.6. The second kappa shape index (κ2) is 10.3. The van der Waals surface area contributed by atoms with Gasteiger partial charge in [-0.2, -0.15) is 10.4 Å². The highest BCUT2D eigenvalue weighted by Gasteiger charge is 2.09. The standard InChI is InChI=1S/C27H24N4O2/c1-2-33-24-13-11-20(12-14-24)15-27(32)30-29-17-23-19-31(26-10-6-5-9-25(23)26)18-22-8-4-3-7-21(22)16-28/h3-14,17,19H,2,15,18H2,1H3,(H,30,32)/b29-17-. The Morgan fingerprint density at radius 2 is 1.85 bits per heavy atom. The fourth-order valence-electron chi connectivity index (χ4n) is 3.73. The van der Waals surface area contributed by atoms with E-state index in [0.717, 1.165) is 33.3 Å². The van der Waals surface area contributed by atoms with Crippen molar-refractivity contribution < 1.29 is 9.53 Å². The predicted octanol–water partition coefficient (Wildman–Crippen LogP) is 4.65. The number of benzene rings is 3. The molecule has 0 radical (unpaired) electrons. The summed E-state index contributed by atoms with van der Waals surface area (Å²) in [6.45, 7) is 3.11. The van der Waals surface area contributed by atoms with E-state index >= 15 is 0 Å². The van der Waals surface area contributed by atoms with Crippen LogP contribution in [0.4, 0.5) is 0 Å². The van der Waals surface area contributed by atoms with E-state index in [9.17, 15) is 10.1 Å². The first kappa shape index (κ1) is 21.8. The average Bonchev–Trinajstić information content (AvgIpc) is 3.18. The lowest BCUT2D eigenvalue weighted by Crippen LogP contribution is -2.19. The molecular weight excluding hydrogens is 412 g/mol. The molecule has 1 N–H and O–H groups in total. The molecule has 0 bridgehead atoms. The molecule has 0 fully saturated rings. The SMILES string of the molecule is CCOc1ccc(CC(=O)N/N=C\c2cn(Cc3ccccc3C#N)c3ccccc23)cc1. The van der Waals surface area contributed by atoms with Gasteiger partial charge in [0.05, 0.1) is 30.9 Å². The molecule has 0 aliphatic carbocycles. The van der Waals surface area contributed by atoms with Crippen LogP contribution in [0.5, 0.6) is 5.75 Å². The van der Waals surface area contributed by atoms with E-state index in [1.165, 1.54) is 0 Å². The van der Waals surface area contributed by atoms with E-state index in [0.29, 0.717) is 18.7 Å². The van der Waals surface area contributed by atoms with Crippen molar-refractivity contribution >= 4 is 23.0 Å². The Morgan fingerprint density at radius 3 is 2.64 bits per heavy atom. The quantitative estimate of drug-likeness (QED) is 0.322. The van der Waals surface area contributed by atoms with E-state index in [1.54, 1.807) is 6.21 Å². The van der Waals surface area contributed by atoms with Crippen LogP contribution in [0.25, 0.3) is 10.9 Å². The van der Waals surface area contributed by atoms with Gasteiger partial charge >= 0.3 is 0 Å². The van der Waals surface area contributed by atoms with Crippen LogP contribution in [0.3, 0.4) is 0 Å². The maximum absolute atomic E-state index is 12.3. The molecule has 164 valence electrons. The number of carbonyl (C=O) groups is 1. The van der Waals surface area contributed by atoms with Crippen molar-refractivity contribution in [3.63, 3.8) is 0 Å². The van der Waals surface area contributed by atoms with Gasteiger partial charge in [-0.1, -0.05) is 48.5 Å². The summed E-state index contributed by atoms with van der Waals surface area (Å²) in [4.78, 5) is 12.3. The van der Waals surface area contributed by atoms with Crippen molar-refractivity contribution in [1.29, 1.82) is 5.26 Å². The highest BCUT2D eigenvalue weighted by atomic mass is 16.5. The minimum Gasteiger partial charge on any atom is -0.494 e. The Balaban J connectivity index is 1.47. The lowest BCUT2D eigenvalue weighted by atomic mass is 10.1. The number of nitriles is 1. The maximum Gasteiger partial charge on any atom is 0.244 e. The third-order valence-electron chi connectivity index (χ3n) is 5.29. The van der Waals surface area contributed by atoms with Crippen LogP contribution >= 0.6 is 0 Å². The topological polar surface area (TPSA) is 79.4 Å². The van der Waals surface area contributed by atoms with E-state index < -0.39 is 0 Å². The van der Waals surface area contributed by atoms with Crippen molar-refractivity contribution in [2.75, 3.05) is 6.61 Å². The minimum atomic E-state index is -0.193. The third kappa shape index (κ3) is 5.28. The molecule has 0 spiro atoms. The predicted molar refractivity (Wildman–Crippen MR) is 129 cm³/mol. The van der Waals surface area contributed by atoms with Gasteiger partial charge in [-0.25, -0.2) is 5.43 Å². The zero-order chi connectivity index (χ0) is 23.0. The number of nitrogens with one attached hydrogen (secondary N) is 1. The first-order valence-corrected chi connectivity index (χ1v) is 10.8. The van der Waals surface area contributed by atoms with Gasteiger partial charge in [-0.3, -0.25) is 4.79 Å². The van der Waals surface area contributed by atoms with Crippen molar-refractivity contribution in [3.8, 4) is 11.8 Å². The molecule has 0 saturated carbocycles. The van der Waals surface area contributed by atoms with Crippen LogP contribution in [0.2, 0.25) is 0 Å². The molecule has 3 aromatic carbocycles. The summed E-state index contributed by atoms with van der Waals surface area (Å²) >= 11 is 0. The fraction of sp³-hybridized carbons (Fsp3) is 0.148. The van der Waals surface area contributed by atoms with Crippen LogP contribution in [0, 0.1) is 11.3 Å². The van der Waals surface area contributed by atoms with Crippen LogP contribution in [0.15, 0.2) is 84.1 Å². The van der Waals surface area contributed by atoms with Gasteiger partial charge in [-0.15, -0.1) is 0 Å². The van der Waals surface area contributed by atoms with E-state index in [1.807, 2.05) is 85.9 Å². The first-order valence-electron chi connectivity index (χ1n) is 10.8. The largest absolute Gasteiger partial charge is 0.494 e. The van der Waals surface area contributed by atoms with Gasteiger partial charge in [0, 0.05) is 29.2 Å². The number of aromatic nitrogens is 1. The molecule has 6 nitrogen and oxygen atoms in total. The molecule has 1 amide bonds. The van der Waals surface area contributed by atoms with E-state index in [2.05, 4.69) is 21.2 Å². The highest BCUT2D eigenvalue weighted by Crippen LogP contribution is 2.22. The van der Waals surface area contributed by atoms with E-state index in [4.69, 9.17) is 4.74 Å². The molecule has 0 aliphatic heterocycles. The Morgan fingerprint density at radius 1 is 1.09 bits per heavy atom. The maximum atomic E-state index is 12.3. The zero-order valence-corrected chi connectivity index (χ0v) is 18.4. The number of amides is 1. The van der Waals surface area contributed by atoms with Gasteiger partial charge in [0.15, 0.2) is 0 Å². The second-order valence-electron chi connectivity index (χ2n) is 7.55. The first-order chi connectivity index (χ1) is 16.2. The Hall–Kier alpha value is -4.37. The van der Waals surface area contributed by atoms with Gasteiger partial charge in [-0.05, 0) is 42.3 Å². The fourth-order valence-corrected chi connectivity index (χ4v) is 3.73. The molecule has 1 aromatic heterocycles. The van der Waals surface area contributed by atoms with Gasteiger partial charge in [0.1, 0.15) is 5.75 Å². The average molecular weight is 437 g/mol. The lowest BCUT2D eigenvalue weighted by molar-refractivity contribution is -0.120. The van der Waals surface area contributed by atoms with Gasteiger partial charge in [0.2, 0.25) is 5.91 Å². The third-order valence-corrected chi connectivity index (χ3v) is 5.29. The molecule has 0 saturated heterocycles. The van der Waals surface area contributed by atoms with Crippen LogP contribution in [0.1, 0.15) is 29.2 Å². The molecule has 33 heavy (non-hydrogen) atoms. The Labute approximate surface area is 192 Å². The summed E-state index contributed by atoms with van der Waals surface area (Å²) in [5.41, 5.74) is 7.03. The Kier molecular flexibility index (Phi) is 6.81. The number of hydrogen-bond donors (Lipinski definition) is 1. The molecule has 0 unspecified atom stereocenters. The smallest absolute Gasteiger partial charge is 0.244 e. The van der Waals surface area contributed by atoms with Gasteiger partial charge < -0.3 is 9.30 Å². The lowest BCUT2D eigenvalue weighted by Gasteiger charge is -2.07. The summed E-state index contributed by atoms with van der Waals surface area (Å²) in [6, 6.07) is 25.3. The summed E-state index contributed by atoms with van der Waals surface area (Å²) in [5.74, 6) is 0.593. The van der Waals surface area contributed by atoms with Crippen molar-refractivity contribution in [2.24, 2.45) is 5.10 Å². The number of hydrazone groups is 1. The van der Waals surface area contributed by atoms with E-state index in [-0.39, 0.29) is 12.3 Å². The number of para-hydroxylation sites is 1. The number of fused-ring (bicyclic) bond motifs is 1. The molecular formula is C27H24N4O2. The number of nitrogens with zero attached hydrogens (tertiary/aromatic N) is 3. The van der Waals surface area contributed by atoms with Crippen LogP contribution in [-0.2, 0) is 17.8 Å². The zero-order valence-electron chi connectivity index (χ0n) is 18.4. The Bertz CT molecular complexity index is 1330. The van der Waals surface area contributed by atoms with Crippen molar-refractivity contribution in [1.82, 2.24) is 9.99 Å². The normalized spacial score (nSPS) is 10.9. The molecule has 0 aliphatic rings. The van der Waals surface area contributed by atoms with Crippen LogP contribution in [-0.4, -0.2) is 23.3 Å². The molecule has 6 heteroatoms. The minimum absolute atomic E-state index is 0.193. The number of rotatable bonds is 8. The monoisotopic (exact) mass is 436 g/mol. The summed E-state index contributed by atoms with van der Waals surface area (Å²) in [7, 11) is 0. The van der Waals surface area contributed by atoms with Gasteiger partial charge in [0.25, 0.3) is 0 Å². The molecule has 0 atom stereocenters. The number of hydrogen-bond acceptors (Lipinski definition) is 4. The number of ether oxygens (including phenoxy) is 1.